The highest BCUT2D eigenvalue weighted by Crippen LogP contribution is 2.21. The molecule has 0 N–H and O–H groups in total. The van der Waals surface area contributed by atoms with E-state index < -0.39 is 0 Å². The smallest absolute Gasteiger partial charge is 0.123 e. The van der Waals surface area contributed by atoms with E-state index in [1.165, 1.54) is 19.6 Å². The fourth-order valence-electron chi connectivity index (χ4n) is 2.31. The molecule has 70 valence electrons. The molecule has 3 fully saturated rings. The molecule has 3 heterocycles. The number of rotatable bonds is 2. The molecule has 3 saturated heterocycles. The maximum absolute atomic E-state index is 5.67. The van der Waals surface area contributed by atoms with Gasteiger partial charge in [0, 0.05) is 38.8 Å². The maximum atomic E-state index is 5.67. The fourth-order valence-corrected chi connectivity index (χ4v) is 2.31. The van der Waals surface area contributed by atoms with Crippen molar-refractivity contribution in [3.05, 3.63) is 0 Å². The molecule has 12 heavy (non-hydrogen) atoms. The van der Waals surface area contributed by atoms with E-state index in [1.54, 1.807) is 0 Å². The minimum absolute atomic E-state index is 0.368. The largest absolute Gasteiger partial charge is 0.362 e. The van der Waals surface area contributed by atoms with Crippen molar-refractivity contribution in [3.8, 4) is 0 Å². The molecule has 3 heteroatoms. The normalized spacial score (nSPS) is 46.5. The third kappa shape index (κ3) is 1.37. The molecule has 3 nitrogen and oxygen atoms in total. The van der Waals surface area contributed by atoms with Crippen LogP contribution < -0.4 is 0 Å². The van der Waals surface area contributed by atoms with Gasteiger partial charge in [0.05, 0.1) is 0 Å². The van der Waals surface area contributed by atoms with Gasteiger partial charge in [-0.15, -0.1) is 0 Å². The Morgan fingerprint density at radius 3 is 2.75 bits per heavy atom. The van der Waals surface area contributed by atoms with Crippen LogP contribution in [-0.2, 0) is 4.74 Å². The number of ether oxygens (including phenoxy) is 1. The van der Waals surface area contributed by atoms with Gasteiger partial charge in [-0.2, -0.15) is 0 Å². The van der Waals surface area contributed by atoms with Gasteiger partial charge in [0.25, 0.3) is 0 Å². The number of hydrogen-bond acceptors (Lipinski definition) is 3. The Balaban J connectivity index is 1.99. The van der Waals surface area contributed by atoms with Crippen LogP contribution in [0.1, 0.15) is 13.8 Å². The van der Waals surface area contributed by atoms with E-state index in [9.17, 15) is 0 Å². The lowest BCUT2D eigenvalue weighted by Gasteiger charge is -2.50. The zero-order valence-corrected chi connectivity index (χ0v) is 7.99. The van der Waals surface area contributed by atoms with Gasteiger partial charge in [-0.25, -0.2) is 0 Å². The van der Waals surface area contributed by atoms with Crippen LogP contribution in [0.25, 0.3) is 0 Å². The number of piperazine rings is 3. The molecule has 0 saturated carbocycles. The highest BCUT2D eigenvalue weighted by Gasteiger charge is 2.36. The summed E-state index contributed by atoms with van der Waals surface area (Å²) in [5, 5.41) is 0. The van der Waals surface area contributed by atoms with Crippen LogP contribution in [0.2, 0.25) is 0 Å². The fraction of sp³-hybridized carbons (Fsp3) is 1.00. The summed E-state index contributed by atoms with van der Waals surface area (Å²) in [6.07, 6.45) is 0.368. The quantitative estimate of drug-likeness (QED) is 0.595. The third-order valence-corrected chi connectivity index (χ3v) is 2.91. The van der Waals surface area contributed by atoms with Crippen molar-refractivity contribution in [2.75, 3.05) is 32.8 Å². The van der Waals surface area contributed by atoms with Gasteiger partial charge in [0.1, 0.15) is 6.23 Å². The summed E-state index contributed by atoms with van der Waals surface area (Å²) in [5.41, 5.74) is 0. The van der Waals surface area contributed by atoms with E-state index in [2.05, 4.69) is 23.6 Å². The van der Waals surface area contributed by atoms with E-state index in [4.69, 9.17) is 4.74 Å². The first-order chi connectivity index (χ1) is 5.81. The molecular formula is C9H18N2O. The summed E-state index contributed by atoms with van der Waals surface area (Å²) in [6, 6.07) is 0.684. The van der Waals surface area contributed by atoms with Crippen molar-refractivity contribution in [2.24, 2.45) is 0 Å². The molecule has 3 rings (SSSR count). The lowest BCUT2D eigenvalue weighted by molar-refractivity contribution is -0.149. The van der Waals surface area contributed by atoms with Crippen LogP contribution >= 0.6 is 0 Å². The van der Waals surface area contributed by atoms with Crippen molar-refractivity contribution in [1.82, 2.24) is 9.80 Å². The second-order valence-electron chi connectivity index (χ2n) is 3.76. The van der Waals surface area contributed by atoms with Gasteiger partial charge in [-0.05, 0) is 13.8 Å². The Labute approximate surface area is 74.3 Å². The van der Waals surface area contributed by atoms with Gasteiger partial charge < -0.3 is 4.74 Å². The molecule has 0 radical (unpaired) electrons. The van der Waals surface area contributed by atoms with Crippen LogP contribution in [-0.4, -0.2) is 54.9 Å². The molecule has 3 aliphatic rings. The molecule has 0 spiro atoms. The van der Waals surface area contributed by atoms with Crippen molar-refractivity contribution in [1.29, 1.82) is 0 Å². The number of fused-ring (bicyclic) bond motifs is 3. The highest BCUT2D eigenvalue weighted by molar-refractivity contribution is 4.88. The monoisotopic (exact) mass is 170 g/mol. The topological polar surface area (TPSA) is 15.7 Å². The minimum Gasteiger partial charge on any atom is -0.362 e. The molecule has 0 aromatic carbocycles. The summed E-state index contributed by atoms with van der Waals surface area (Å²) in [7, 11) is 0. The summed E-state index contributed by atoms with van der Waals surface area (Å²) >= 11 is 0. The van der Waals surface area contributed by atoms with E-state index >= 15 is 0 Å². The summed E-state index contributed by atoms with van der Waals surface area (Å²) < 4.78 is 5.67. The summed E-state index contributed by atoms with van der Waals surface area (Å²) in [6.45, 7) is 9.95. The molecule has 3 aliphatic heterocycles. The standard InChI is InChI=1S/C9H18N2O/c1-3-12-9-7-10-4-5-11(9)8(2)6-10/h8-9H,3-7H2,1-2H3. The van der Waals surface area contributed by atoms with Gasteiger partial charge in [-0.1, -0.05) is 0 Å². The van der Waals surface area contributed by atoms with Crippen molar-refractivity contribution >= 4 is 0 Å². The Kier molecular flexibility index (Phi) is 2.35. The van der Waals surface area contributed by atoms with E-state index in [-0.39, 0.29) is 0 Å². The average Bonchev–Trinajstić information content (AvgIpc) is 2.05. The lowest BCUT2D eigenvalue weighted by Crippen LogP contribution is -2.65. The Hall–Kier alpha value is -0.120. The number of hydrogen-bond donors (Lipinski definition) is 0. The molecule has 0 aromatic rings. The SMILES string of the molecule is CCOC1CN2CCN1C(C)C2. The number of nitrogens with zero attached hydrogens (tertiary/aromatic N) is 2. The van der Waals surface area contributed by atoms with Gasteiger partial charge in [0.15, 0.2) is 0 Å². The highest BCUT2D eigenvalue weighted by atomic mass is 16.5. The van der Waals surface area contributed by atoms with Crippen molar-refractivity contribution in [2.45, 2.75) is 26.1 Å². The van der Waals surface area contributed by atoms with Crippen LogP contribution in [0.15, 0.2) is 0 Å². The van der Waals surface area contributed by atoms with E-state index in [0.29, 0.717) is 12.3 Å². The Morgan fingerprint density at radius 1 is 1.33 bits per heavy atom. The van der Waals surface area contributed by atoms with Crippen molar-refractivity contribution in [3.63, 3.8) is 0 Å². The zero-order chi connectivity index (χ0) is 8.55. The van der Waals surface area contributed by atoms with Gasteiger partial charge >= 0.3 is 0 Å². The molecule has 4 atom stereocenters. The Bertz CT molecular complexity index is 163. The minimum atomic E-state index is 0.368. The first kappa shape index (κ1) is 8.48. The van der Waals surface area contributed by atoms with Crippen LogP contribution in [0.4, 0.5) is 0 Å². The second-order valence-corrected chi connectivity index (χ2v) is 3.76. The summed E-state index contributed by atoms with van der Waals surface area (Å²) in [4.78, 5) is 4.99. The van der Waals surface area contributed by atoms with Gasteiger partial charge in [-0.3, -0.25) is 9.80 Å². The van der Waals surface area contributed by atoms with E-state index in [1.807, 2.05) is 0 Å². The summed E-state index contributed by atoms with van der Waals surface area (Å²) in [5.74, 6) is 0. The first-order valence-electron chi connectivity index (χ1n) is 4.91. The Morgan fingerprint density at radius 2 is 2.17 bits per heavy atom. The van der Waals surface area contributed by atoms with Crippen LogP contribution in [0, 0.1) is 0 Å². The van der Waals surface area contributed by atoms with Crippen LogP contribution in [0.5, 0.6) is 0 Å². The molecule has 2 bridgehead atoms. The predicted molar refractivity (Wildman–Crippen MR) is 48.0 cm³/mol. The van der Waals surface area contributed by atoms with Gasteiger partial charge in [0.2, 0.25) is 0 Å². The van der Waals surface area contributed by atoms with E-state index in [0.717, 1.165) is 13.2 Å². The van der Waals surface area contributed by atoms with Crippen LogP contribution in [0.3, 0.4) is 0 Å². The van der Waals surface area contributed by atoms with Crippen molar-refractivity contribution < 1.29 is 4.74 Å². The second kappa shape index (κ2) is 3.32. The zero-order valence-electron chi connectivity index (χ0n) is 7.99. The molecular weight excluding hydrogens is 152 g/mol. The average molecular weight is 170 g/mol. The third-order valence-electron chi connectivity index (χ3n) is 2.91. The molecule has 0 amide bonds. The molecule has 0 aliphatic carbocycles. The first-order valence-corrected chi connectivity index (χ1v) is 4.91. The lowest BCUT2D eigenvalue weighted by atomic mass is 10.1. The maximum Gasteiger partial charge on any atom is 0.123 e. The molecule has 4 unspecified atom stereocenters. The molecule has 0 aromatic heterocycles. The predicted octanol–water partition coefficient (Wildman–Crippen LogP) is 0.369.